The van der Waals surface area contributed by atoms with Crippen LogP contribution >= 0.6 is 0 Å². The highest BCUT2D eigenvalue weighted by atomic mass is 16.7. The minimum Gasteiger partial charge on any atom is -0.347 e. The molecule has 1 saturated heterocycles. The normalized spacial score (nSPS) is 50.7. The lowest BCUT2D eigenvalue weighted by atomic mass is 9.45. The fraction of sp³-hybridized carbons (Fsp3) is 0.826. The fourth-order valence-electron chi connectivity index (χ4n) is 8.05. The average Bonchev–Trinajstić information content (AvgIpc) is 3.15. The third-order valence-corrected chi connectivity index (χ3v) is 9.01. The molecule has 0 aromatic heterocycles. The van der Waals surface area contributed by atoms with Crippen LogP contribution < -0.4 is 0 Å². The van der Waals surface area contributed by atoms with Crippen LogP contribution in [0.1, 0.15) is 66.2 Å². The quantitative estimate of drug-likeness (QED) is 0.579. The summed E-state index contributed by atoms with van der Waals surface area (Å²) >= 11 is 0. The van der Waals surface area contributed by atoms with Gasteiger partial charge < -0.3 is 9.47 Å². The van der Waals surface area contributed by atoms with Crippen molar-refractivity contribution in [2.24, 2.45) is 34.5 Å². The molecule has 6 atom stereocenters. The summed E-state index contributed by atoms with van der Waals surface area (Å²) in [6.07, 6.45) is 12.7. The molecule has 5 aliphatic rings. The zero-order valence-electron chi connectivity index (χ0n) is 16.4. The highest BCUT2D eigenvalue weighted by Gasteiger charge is 2.67. The third-order valence-electron chi connectivity index (χ3n) is 9.01. The molecule has 1 spiro atoms. The molecule has 0 N–H and O–H groups in total. The summed E-state index contributed by atoms with van der Waals surface area (Å²) in [7, 11) is 0. The molecule has 138 valence electrons. The molecule has 1 aliphatic heterocycles. The van der Waals surface area contributed by atoms with Gasteiger partial charge in [0.2, 0.25) is 0 Å². The van der Waals surface area contributed by atoms with Crippen LogP contribution in [0, 0.1) is 34.5 Å². The number of hydrogen-bond donors (Lipinski definition) is 0. The van der Waals surface area contributed by atoms with E-state index in [0.717, 1.165) is 43.3 Å². The monoisotopic (exact) mass is 342 g/mol. The van der Waals surface area contributed by atoms with Crippen LogP contribution in [0.15, 0.2) is 23.3 Å². The van der Waals surface area contributed by atoms with E-state index in [2.05, 4.69) is 39.8 Å². The minimum atomic E-state index is -0.273. The topological polar surface area (TPSA) is 18.5 Å². The molecule has 2 saturated carbocycles. The van der Waals surface area contributed by atoms with Crippen molar-refractivity contribution in [3.05, 3.63) is 23.3 Å². The second-order valence-electron chi connectivity index (χ2n) is 10.2. The van der Waals surface area contributed by atoms with E-state index in [0.29, 0.717) is 5.41 Å². The molecular formula is C23H34O2. The van der Waals surface area contributed by atoms with Crippen molar-refractivity contribution in [1.82, 2.24) is 0 Å². The lowest BCUT2D eigenvalue weighted by Gasteiger charge is -2.60. The highest BCUT2D eigenvalue weighted by molar-refractivity contribution is 5.37. The van der Waals surface area contributed by atoms with E-state index in [1.165, 1.54) is 32.1 Å². The first-order valence-corrected chi connectivity index (χ1v) is 10.6. The lowest BCUT2D eigenvalue weighted by molar-refractivity contribution is -0.248. The van der Waals surface area contributed by atoms with Crippen LogP contribution in [0.3, 0.4) is 0 Å². The fourth-order valence-corrected chi connectivity index (χ4v) is 8.05. The predicted molar refractivity (Wildman–Crippen MR) is 100 cm³/mol. The van der Waals surface area contributed by atoms with Crippen LogP contribution in [-0.4, -0.2) is 19.0 Å². The molecule has 5 rings (SSSR count). The van der Waals surface area contributed by atoms with Crippen molar-refractivity contribution in [3.63, 3.8) is 0 Å². The Hall–Kier alpha value is -0.600. The Kier molecular flexibility index (Phi) is 3.46. The highest BCUT2D eigenvalue weighted by Crippen LogP contribution is 2.69. The van der Waals surface area contributed by atoms with Gasteiger partial charge in [-0.25, -0.2) is 0 Å². The molecule has 3 unspecified atom stereocenters. The molecule has 0 bridgehead atoms. The minimum absolute atomic E-state index is 0.201. The van der Waals surface area contributed by atoms with Gasteiger partial charge >= 0.3 is 0 Å². The van der Waals surface area contributed by atoms with Crippen molar-refractivity contribution >= 4 is 0 Å². The van der Waals surface area contributed by atoms with Gasteiger partial charge in [0.25, 0.3) is 0 Å². The van der Waals surface area contributed by atoms with Gasteiger partial charge in [-0.15, -0.1) is 0 Å². The zero-order valence-corrected chi connectivity index (χ0v) is 16.4. The SMILES string of the molecule is CC1=CC2=CCC3C([C@@H](C)C[C@@]4(C)C3CCC43OCCO3)[C@@]2(C)CC1. The van der Waals surface area contributed by atoms with Crippen LogP contribution in [-0.2, 0) is 9.47 Å². The van der Waals surface area contributed by atoms with Crippen LogP contribution in [0.2, 0.25) is 0 Å². The summed E-state index contributed by atoms with van der Waals surface area (Å²) in [5, 5.41) is 0. The van der Waals surface area contributed by atoms with Gasteiger partial charge in [-0.2, -0.15) is 0 Å². The molecule has 0 aromatic rings. The molecule has 3 fully saturated rings. The average molecular weight is 343 g/mol. The molecule has 0 radical (unpaired) electrons. The van der Waals surface area contributed by atoms with Crippen molar-refractivity contribution in [2.75, 3.05) is 13.2 Å². The van der Waals surface area contributed by atoms with Crippen molar-refractivity contribution < 1.29 is 9.47 Å². The summed E-state index contributed by atoms with van der Waals surface area (Å²) in [5.74, 6) is 2.86. The second kappa shape index (κ2) is 5.23. The van der Waals surface area contributed by atoms with E-state index in [9.17, 15) is 0 Å². The maximum atomic E-state index is 6.30. The molecular weight excluding hydrogens is 308 g/mol. The first-order chi connectivity index (χ1) is 11.9. The number of hydrogen-bond acceptors (Lipinski definition) is 2. The summed E-state index contributed by atoms with van der Waals surface area (Å²) in [4.78, 5) is 0. The van der Waals surface area contributed by atoms with Crippen molar-refractivity contribution in [3.8, 4) is 0 Å². The molecule has 2 nitrogen and oxygen atoms in total. The standard InChI is InChI=1S/C23H34O2/c1-15-7-9-21(3)17(13-15)5-6-18-19-8-10-23(24-11-12-25-23)22(19,4)14-16(2)20(18)21/h5,13,16,18-20H,6-12,14H2,1-4H3/t16-,18?,19?,20?,21-,22-/m0/s1. The second-order valence-corrected chi connectivity index (χ2v) is 10.2. The Labute approximate surface area is 153 Å². The summed E-state index contributed by atoms with van der Waals surface area (Å²) < 4.78 is 12.6. The summed E-state index contributed by atoms with van der Waals surface area (Å²) in [5.41, 5.74) is 3.81. The van der Waals surface area contributed by atoms with Crippen molar-refractivity contribution in [2.45, 2.75) is 72.0 Å². The van der Waals surface area contributed by atoms with E-state index < -0.39 is 0 Å². The summed E-state index contributed by atoms with van der Waals surface area (Å²) in [6, 6.07) is 0. The Morgan fingerprint density at radius 3 is 2.64 bits per heavy atom. The first kappa shape index (κ1) is 16.6. The zero-order chi connectivity index (χ0) is 17.4. The molecule has 0 aromatic carbocycles. The first-order valence-electron chi connectivity index (χ1n) is 10.6. The summed E-state index contributed by atoms with van der Waals surface area (Å²) in [6.45, 7) is 11.5. The van der Waals surface area contributed by atoms with Gasteiger partial charge in [0.1, 0.15) is 0 Å². The van der Waals surface area contributed by atoms with Gasteiger partial charge in [0.05, 0.1) is 13.2 Å². The predicted octanol–water partition coefficient (Wildman–Crippen LogP) is 5.49. The third kappa shape index (κ3) is 1.99. The van der Waals surface area contributed by atoms with Crippen LogP contribution in [0.5, 0.6) is 0 Å². The van der Waals surface area contributed by atoms with Crippen LogP contribution in [0.4, 0.5) is 0 Å². The number of rotatable bonds is 0. The molecule has 25 heavy (non-hydrogen) atoms. The Balaban J connectivity index is 1.56. The van der Waals surface area contributed by atoms with Gasteiger partial charge in [0.15, 0.2) is 5.79 Å². The van der Waals surface area contributed by atoms with E-state index in [-0.39, 0.29) is 11.2 Å². The largest absolute Gasteiger partial charge is 0.347 e. The van der Waals surface area contributed by atoms with Crippen LogP contribution in [0.25, 0.3) is 0 Å². The number of fused-ring (bicyclic) bond motifs is 6. The Morgan fingerprint density at radius 1 is 1.12 bits per heavy atom. The molecule has 0 amide bonds. The smallest absolute Gasteiger partial charge is 0.174 e. The maximum Gasteiger partial charge on any atom is 0.174 e. The van der Waals surface area contributed by atoms with E-state index in [1.807, 2.05) is 0 Å². The van der Waals surface area contributed by atoms with Gasteiger partial charge in [-0.3, -0.25) is 0 Å². The van der Waals surface area contributed by atoms with E-state index in [1.54, 1.807) is 11.1 Å². The van der Waals surface area contributed by atoms with E-state index >= 15 is 0 Å². The Morgan fingerprint density at radius 2 is 1.88 bits per heavy atom. The molecule has 4 aliphatic carbocycles. The van der Waals surface area contributed by atoms with E-state index in [4.69, 9.17) is 9.47 Å². The lowest BCUT2D eigenvalue weighted by Crippen LogP contribution is -2.57. The van der Waals surface area contributed by atoms with Gasteiger partial charge in [-0.05, 0) is 73.7 Å². The molecule has 1 heterocycles. The van der Waals surface area contributed by atoms with Crippen molar-refractivity contribution in [1.29, 1.82) is 0 Å². The molecule has 2 heteroatoms. The van der Waals surface area contributed by atoms with Gasteiger partial charge in [0, 0.05) is 11.8 Å². The maximum absolute atomic E-state index is 6.30. The number of ether oxygens (including phenoxy) is 2. The Bertz CT molecular complexity index is 640. The number of allylic oxidation sites excluding steroid dienone is 4. The van der Waals surface area contributed by atoms with Gasteiger partial charge in [-0.1, -0.05) is 38.5 Å².